The Labute approximate surface area is 110 Å². The highest BCUT2D eigenvalue weighted by molar-refractivity contribution is 9.10. The molecule has 0 aliphatic carbocycles. The second-order valence-electron chi connectivity index (χ2n) is 4.48. The van der Waals surface area contributed by atoms with Gasteiger partial charge in [-0.2, -0.15) is 0 Å². The van der Waals surface area contributed by atoms with Gasteiger partial charge in [-0.25, -0.2) is 4.98 Å². The topological polar surface area (TPSA) is 36.4 Å². The fourth-order valence-electron chi connectivity index (χ4n) is 2.11. The Morgan fingerprint density at radius 2 is 2.24 bits per heavy atom. The van der Waals surface area contributed by atoms with Gasteiger partial charge in [0.1, 0.15) is 4.60 Å². The van der Waals surface area contributed by atoms with Gasteiger partial charge in [-0.1, -0.05) is 0 Å². The van der Waals surface area contributed by atoms with Gasteiger partial charge >= 0.3 is 0 Å². The summed E-state index contributed by atoms with van der Waals surface area (Å²) in [6.45, 7) is 4.72. The van der Waals surface area contributed by atoms with E-state index in [0.717, 1.165) is 24.2 Å². The van der Waals surface area contributed by atoms with Crippen molar-refractivity contribution >= 4 is 21.8 Å². The molecule has 0 radical (unpaired) electrons. The highest BCUT2D eigenvalue weighted by Crippen LogP contribution is 2.14. The van der Waals surface area contributed by atoms with E-state index >= 15 is 0 Å². The number of carbonyl (C=O) groups is 1. The third-order valence-corrected chi connectivity index (χ3v) is 3.53. The van der Waals surface area contributed by atoms with Gasteiger partial charge in [0.25, 0.3) is 5.91 Å². The van der Waals surface area contributed by atoms with Gasteiger partial charge in [-0.15, -0.1) is 0 Å². The van der Waals surface area contributed by atoms with Crippen LogP contribution < -0.4 is 0 Å². The molecule has 2 heterocycles. The van der Waals surface area contributed by atoms with Crippen LogP contribution in [0.25, 0.3) is 0 Å². The lowest BCUT2D eigenvalue weighted by molar-refractivity contribution is 0.0533. The molecule has 1 aromatic heterocycles. The Kier molecular flexibility index (Phi) is 3.79. The molecular weight excluding hydrogens is 282 g/mol. The van der Waals surface area contributed by atoms with Gasteiger partial charge in [-0.05, 0) is 42.0 Å². The molecule has 2 rings (SSSR count). The third-order valence-electron chi connectivity index (χ3n) is 3.07. The fourth-order valence-corrected chi connectivity index (χ4v) is 2.34. The summed E-state index contributed by atoms with van der Waals surface area (Å²) in [5.74, 6) is 0.0746. The first-order chi connectivity index (χ1) is 8.08. The lowest BCUT2D eigenvalue weighted by Crippen LogP contribution is -2.52. The summed E-state index contributed by atoms with van der Waals surface area (Å²) in [5, 5.41) is 0. The van der Waals surface area contributed by atoms with Crippen LogP contribution in [0.1, 0.15) is 17.3 Å². The molecule has 0 saturated carbocycles. The Balaban J connectivity index is 2.12. The zero-order valence-electron chi connectivity index (χ0n) is 10.1. The largest absolute Gasteiger partial charge is 0.333 e. The maximum Gasteiger partial charge on any atom is 0.255 e. The Bertz CT molecular complexity index is 407. The Morgan fingerprint density at radius 3 is 2.82 bits per heavy atom. The number of carbonyl (C=O) groups excluding carboxylic acids is 1. The first-order valence-electron chi connectivity index (χ1n) is 5.69. The number of aromatic nitrogens is 1. The second kappa shape index (κ2) is 5.14. The highest BCUT2D eigenvalue weighted by atomic mass is 79.9. The van der Waals surface area contributed by atoms with Gasteiger partial charge < -0.3 is 9.80 Å². The molecule has 1 aliphatic heterocycles. The van der Waals surface area contributed by atoms with Crippen molar-refractivity contribution < 1.29 is 4.79 Å². The summed E-state index contributed by atoms with van der Waals surface area (Å²) in [7, 11) is 2.08. The molecule has 17 heavy (non-hydrogen) atoms. The molecule has 5 heteroatoms. The number of hydrogen-bond acceptors (Lipinski definition) is 3. The molecule has 1 atom stereocenters. The molecule has 1 fully saturated rings. The van der Waals surface area contributed by atoms with Crippen LogP contribution in [-0.2, 0) is 0 Å². The summed E-state index contributed by atoms with van der Waals surface area (Å²) < 4.78 is 0.750. The molecule has 1 amide bonds. The van der Waals surface area contributed by atoms with Crippen molar-refractivity contribution in [3.8, 4) is 0 Å². The molecule has 92 valence electrons. The van der Waals surface area contributed by atoms with E-state index in [2.05, 4.69) is 39.8 Å². The number of likely N-dealkylation sites (N-methyl/N-ethyl adjacent to an activating group) is 1. The lowest BCUT2D eigenvalue weighted by Gasteiger charge is -2.38. The quantitative estimate of drug-likeness (QED) is 0.739. The normalized spacial score (nSPS) is 21.6. The first-order valence-corrected chi connectivity index (χ1v) is 6.48. The maximum absolute atomic E-state index is 12.3. The van der Waals surface area contributed by atoms with Crippen molar-refractivity contribution in [2.75, 3.05) is 26.7 Å². The minimum Gasteiger partial charge on any atom is -0.333 e. The molecule has 1 aliphatic rings. The zero-order valence-corrected chi connectivity index (χ0v) is 11.6. The number of piperazine rings is 1. The number of rotatable bonds is 1. The van der Waals surface area contributed by atoms with E-state index in [4.69, 9.17) is 0 Å². The van der Waals surface area contributed by atoms with Crippen LogP contribution in [-0.4, -0.2) is 53.4 Å². The van der Waals surface area contributed by atoms with Crippen LogP contribution in [0.2, 0.25) is 0 Å². The van der Waals surface area contributed by atoms with E-state index in [-0.39, 0.29) is 11.9 Å². The minimum absolute atomic E-state index is 0.0746. The minimum atomic E-state index is 0.0746. The van der Waals surface area contributed by atoms with Crippen molar-refractivity contribution in [2.45, 2.75) is 13.0 Å². The summed E-state index contributed by atoms with van der Waals surface area (Å²) in [4.78, 5) is 20.5. The molecule has 0 N–H and O–H groups in total. The molecule has 1 aromatic rings. The van der Waals surface area contributed by atoms with Crippen LogP contribution >= 0.6 is 15.9 Å². The average molecular weight is 298 g/mol. The van der Waals surface area contributed by atoms with E-state index < -0.39 is 0 Å². The molecule has 4 nitrogen and oxygen atoms in total. The molecule has 0 aromatic carbocycles. The number of nitrogens with zero attached hydrogens (tertiary/aromatic N) is 3. The van der Waals surface area contributed by atoms with E-state index in [1.54, 1.807) is 12.3 Å². The van der Waals surface area contributed by atoms with Gasteiger partial charge in [0.2, 0.25) is 0 Å². The maximum atomic E-state index is 12.3. The molecular formula is C12H16BrN3O. The standard InChI is InChI=1S/C12H16BrN3O/c1-9-8-15(2)5-6-16(9)12(17)10-3-4-11(13)14-7-10/h3-4,7,9H,5-6,8H2,1-2H3. The lowest BCUT2D eigenvalue weighted by atomic mass is 10.1. The van der Waals surface area contributed by atoms with E-state index in [0.29, 0.717) is 5.56 Å². The van der Waals surface area contributed by atoms with E-state index in [1.807, 2.05) is 11.0 Å². The Hall–Kier alpha value is -0.940. The third kappa shape index (κ3) is 2.84. The zero-order chi connectivity index (χ0) is 12.4. The van der Waals surface area contributed by atoms with Crippen LogP contribution in [0.4, 0.5) is 0 Å². The molecule has 1 saturated heterocycles. The molecule has 0 spiro atoms. The molecule has 0 bridgehead atoms. The van der Waals surface area contributed by atoms with Crippen LogP contribution in [0.3, 0.4) is 0 Å². The van der Waals surface area contributed by atoms with Crippen LogP contribution in [0.15, 0.2) is 22.9 Å². The number of hydrogen-bond donors (Lipinski definition) is 0. The summed E-state index contributed by atoms with van der Waals surface area (Å²) in [6, 6.07) is 3.86. The SMILES string of the molecule is CC1CN(C)CCN1C(=O)c1ccc(Br)nc1. The predicted octanol–water partition coefficient (Wildman–Crippen LogP) is 1.62. The Morgan fingerprint density at radius 1 is 1.47 bits per heavy atom. The van der Waals surface area contributed by atoms with E-state index in [1.165, 1.54) is 0 Å². The van der Waals surface area contributed by atoms with Gasteiger partial charge in [0.05, 0.1) is 5.56 Å². The van der Waals surface area contributed by atoms with Crippen molar-refractivity contribution in [3.05, 3.63) is 28.5 Å². The van der Waals surface area contributed by atoms with Crippen molar-refractivity contribution in [3.63, 3.8) is 0 Å². The fraction of sp³-hybridized carbons (Fsp3) is 0.500. The number of pyridine rings is 1. The predicted molar refractivity (Wildman–Crippen MR) is 69.9 cm³/mol. The summed E-state index contributed by atoms with van der Waals surface area (Å²) in [6.07, 6.45) is 1.62. The monoisotopic (exact) mass is 297 g/mol. The molecule has 1 unspecified atom stereocenters. The smallest absolute Gasteiger partial charge is 0.255 e. The van der Waals surface area contributed by atoms with Crippen molar-refractivity contribution in [1.29, 1.82) is 0 Å². The first kappa shape index (κ1) is 12.5. The number of halogens is 1. The van der Waals surface area contributed by atoms with Gasteiger partial charge in [0.15, 0.2) is 0 Å². The van der Waals surface area contributed by atoms with Crippen LogP contribution in [0.5, 0.6) is 0 Å². The van der Waals surface area contributed by atoms with Gasteiger partial charge in [-0.3, -0.25) is 4.79 Å². The second-order valence-corrected chi connectivity index (χ2v) is 5.29. The average Bonchev–Trinajstić information content (AvgIpc) is 2.29. The summed E-state index contributed by atoms with van der Waals surface area (Å²) >= 11 is 3.27. The van der Waals surface area contributed by atoms with Gasteiger partial charge in [0, 0.05) is 31.9 Å². The number of amides is 1. The highest BCUT2D eigenvalue weighted by Gasteiger charge is 2.26. The summed E-state index contributed by atoms with van der Waals surface area (Å²) in [5.41, 5.74) is 0.657. The van der Waals surface area contributed by atoms with Crippen molar-refractivity contribution in [2.24, 2.45) is 0 Å². The van der Waals surface area contributed by atoms with Crippen LogP contribution in [0, 0.1) is 0 Å². The van der Waals surface area contributed by atoms with E-state index in [9.17, 15) is 4.79 Å². The van der Waals surface area contributed by atoms with Crippen molar-refractivity contribution in [1.82, 2.24) is 14.8 Å².